The van der Waals surface area contributed by atoms with Crippen LogP contribution in [-0.2, 0) is 4.74 Å². The van der Waals surface area contributed by atoms with Crippen LogP contribution >= 0.6 is 0 Å². The molecule has 0 unspecified atom stereocenters. The summed E-state index contributed by atoms with van der Waals surface area (Å²) in [6, 6.07) is 22.4. The van der Waals surface area contributed by atoms with E-state index < -0.39 is 0 Å². The first-order valence-electron chi connectivity index (χ1n) is 10.9. The lowest BCUT2D eigenvalue weighted by molar-refractivity contribution is 0.0705. The van der Waals surface area contributed by atoms with Crippen LogP contribution in [0.4, 0.5) is 0 Å². The van der Waals surface area contributed by atoms with Gasteiger partial charge in [-0.25, -0.2) is 0 Å². The second-order valence-corrected chi connectivity index (χ2v) is 7.41. The van der Waals surface area contributed by atoms with E-state index in [4.69, 9.17) is 14.6 Å². The van der Waals surface area contributed by atoms with Crippen LogP contribution in [0.5, 0.6) is 17.2 Å². The summed E-state index contributed by atoms with van der Waals surface area (Å²) in [5, 5.41) is 28.4. The number of phenols is 2. The van der Waals surface area contributed by atoms with E-state index in [-0.39, 0.29) is 18.1 Å². The lowest BCUT2D eigenvalue weighted by Gasteiger charge is -2.18. The average Bonchev–Trinajstić information content (AvgIpc) is 2.81. The number of phenolic OH excluding ortho intramolecular Hbond substituents is 2. The van der Waals surface area contributed by atoms with Crippen LogP contribution < -0.4 is 4.74 Å². The fourth-order valence-corrected chi connectivity index (χ4v) is 3.59. The molecular formula is C27H30O5. The number of aliphatic hydroxyl groups is 1. The van der Waals surface area contributed by atoms with Crippen molar-refractivity contribution in [1.29, 1.82) is 0 Å². The molecule has 0 aromatic heterocycles. The molecule has 0 radical (unpaired) electrons. The van der Waals surface area contributed by atoms with Gasteiger partial charge >= 0.3 is 0 Å². The first kappa shape index (κ1) is 23.4. The van der Waals surface area contributed by atoms with Gasteiger partial charge < -0.3 is 24.8 Å². The van der Waals surface area contributed by atoms with E-state index in [0.717, 1.165) is 46.4 Å². The maximum Gasteiger partial charge on any atom is 0.120 e. The number of hydrogen-bond donors (Lipinski definition) is 3. The molecule has 0 aliphatic carbocycles. The number of benzene rings is 3. The Morgan fingerprint density at radius 3 is 1.94 bits per heavy atom. The van der Waals surface area contributed by atoms with Gasteiger partial charge in [0.2, 0.25) is 0 Å². The number of aliphatic hydroxyl groups excluding tert-OH is 1. The van der Waals surface area contributed by atoms with Crippen molar-refractivity contribution >= 4 is 11.1 Å². The minimum atomic E-state index is -0.00203. The predicted molar refractivity (Wildman–Crippen MR) is 127 cm³/mol. The quantitative estimate of drug-likeness (QED) is 0.284. The summed E-state index contributed by atoms with van der Waals surface area (Å²) in [7, 11) is 0. The Kier molecular flexibility index (Phi) is 8.72. The standard InChI is InChI=1S/C27H30O5/c1-2-4-26(22-5-3-6-25(19-22)32-18-17-31-16-15-28)27(20-7-11-23(29)12-8-20)21-9-13-24(30)14-10-21/h3,5-14,19,28-30H,2,4,15-18H2,1H3. The third-order valence-electron chi connectivity index (χ3n) is 5.03. The van der Waals surface area contributed by atoms with Gasteiger partial charge in [0.25, 0.3) is 0 Å². The number of hydrogen-bond acceptors (Lipinski definition) is 5. The lowest BCUT2D eigenvalue weighted by Crippen LogP contribution is -2.09. The first-order chi connectivity index (χ1) is 15.6. The van der Waals surface area contributed by atoms with Crippen LogP contribution in [-0.4, -0.2) is 41.7 Å². The maximum atomic E-state index is 9.79. The molecule has 3 N–H and O–H groups in total. The maximum absolute atomic E-state index is 9.79. The molecule has 0 atom stereocenters. The molecule has 3 rings (SSSR count). The third-order valence-corrected chi connectivity index (χ3v) is 5.03. The second kappa shape index (κ2) is 11.9. The average molecular weight is 435 g/mol. The van der Waals surface area contributed by atoms with E-state index in [1.165, 1.54) is 0 Å². The van der Waals surface area contributed by atoms with Gasteiger partial charge in [0.15, 0.2) is 0 Å². The van der Waals surface area contributed by atoms with Crippen LogP contribution in [0.25, 0.3) is 11.1 Å². The molecule has 0 bridgehead atoms. The van der Waals surface area contributed by atoms with Crippen molar-refractivity contribution in [2.45, 2.75) is 19.8 Å². The summed E-state index contributed by atoms with van der Waals surface area (Å²) >= 11 is 0. The van der Waals surface area contributed by atoms with Gasteiger partial charge in [-0.05, 0) is 70.7 Å². The molecule has 5 nitrogen and oxygen atoms in total. The van der Waals surface area contributed by atoms with Gasteiger partial charge in [-0.2, -0.15) is 0 Å². The molecular weight excluding hydrogens is 404 g/mol. The zero-order valence-electron chi connectivity index (χ0n) is 18.3. The minimum Gasteiger partial charge on any atom is -0.508 e. The zero-order chi connectivity index (χ0) is 22.8. The van der Waals surface area contributed by atoms with Gasteiger partial charge in [-0.3, -0.25) is 0 Å². The Bertz CT molecular complexity index is 959. The highest BCUT2D eigenvalue weighted by Gasteiger charge is 2.15. The molecule has 0 fully saturated rings. The third kappa shape index (κ3) is 6.36. The number of aromatic hydroxyl groups is 2. The Balaban J connectivity index is 2.03. The topological polar surface area (TPSA) is 79.2 Å². The molecule has 3 aromatic carbocycles. The van der Waals surface area contributed by atoms with Crippen molar-refractivity contribution < 1.29 is 24.8 Å². The van der Waals surface area contributed by atoms with Gasteiger partial charge in [-0.15, -0.1) is 0 Å². The number of rotatable bonds is 11. The molecule has 0 amide bonds. The van der Waals surface area contributed by atoms with E-state index in [1.54, 1.807) is 24.3 Å². The molecule has 32 heavy (non-hydrogen) atoms. The van der Waals surface area contributed by atoms with E-state index in [1.807, 2.05) is 42.5 Å². The summed E-state index contributed by atoms with van der Waals surface area (Å²) < 4.78 is 11.1. The van der Waals surface area contributed by atoms with Crippen molar-refractivity contribution in [3.8, 4) is 17.2 Å². The van der Waals surface area contributed by atoms with Crippen LogP contribution in [0.2, 0.25) is 0 Å². The summed E-state index contributed by atoms with van der Waals surface area (Å²) in [5.41, 5.74) is 5.24. The van der Waals surface area contributed by atoms with E-state index in [2.05, 4.69) is 13.0 Å². The fourth-order valence-electron chi connectivity index (χ4n) is 3.59. The van der Waals surface area contributed by atoms with Crippen LogP contribution in [0, 0.1) is 0 Å². The van der Waals surface area contributed by atoms with Crippen molar-refractivity contribution in [3.05, 3.63) is 89.5 Å². The summed E-state index contributed by atoms with van der Waals surface area (Å²) in [5.74, 6) is 1.18. The lowest BCUT2D eigenvalue weighted by atomic mass is 9.87. The molecule has 3 aromatic rings. The Hall–Kier alpha value is -3.28. The number of allylic oxidation sites excluding steroid dienone is 1. The smallest absolute Gasteiger partial charge is 0.120 e. The van der Waals surface area contributed by atoms with Crippen molar-refractivity contribution in [2.24, 2.45) is 0 Å². The molecule has 0 aliphatic heterocycles. The zero-order valence-corrected chi connectivity index (χ0v) is 18.3. The molecule has 168 valence electrons. The first-order valence-corrected chi connectivity index (χ1v) is 10.9. The predicted octanol–water partition coefficient (Wildman–Crippen LogP) is 5.24. The van der Waals surface area contributed by atoms with Crippen molar-refractivity contribution in [2.75, 3.05) is 26.4 Å². The van der Waals surface area contributed by atoms with E-state index >= 15 is 0 Å². The second-order valence-electron chi connectivity index (χ2n) is 7.41. The minimum absolute atomic E-state index is 0.00203. The Morgan fingerprint density at radius 2 is 1.38 bits per heavy atom. The Morgan fingerprint density at radius 1 is 0.750 bits per heavy atom. The largest absolute Gasteiger partial charge is 0.508 e. The highest BCUT2D eigenvalue weighted by Crippen LogP contribution is 2.37. The van der Waals surface area contributed by atoms with Crippen molar-refractivity contribution in [3.63, 3.8) is 0 Å². The van der Waals surface area contributed by atoms with Crippen LogP contribution in [0.15, 0.2) is 72.8 Å². The summed E-state index contributed by atoms with van der Waals surface area (Å²) in [6.07, 6.45) is 1.80. The van der Waals surface area contributed by atoms with E-state index in [0.29, 0.717) is 19.8 Å². The van der Waals surface area contributed by atoms with Crippen LogP contribution in [0.1, 0.15) is 36.5 Å². The molecule has 5 heteroatoms. The van der Waals surface area contributed by atoms with Gasteiger partial charge in [0.05, 0.1) is 19.8 Å². The normalized spacial score (nSPS) is 10.7. The molecule has 0 saturated carbocycles. The number of ether oxygens (including phenoxy) is 2. The van der Waals surface area contributed by atoms with E-state index in [9.17, 15) is 10.2 Å². The summed E-state index contributed by atoms with van der Waals surface area (Å²) in [4.78, 5) is 0. The molecule has 0 saturated heterocycles. The fraction of sp³-hybridized carbons (Fsp3) is 0.259. The molecule has 0 spiro atoms. The SMILES string of the molecule is CCCC(=C(c1ccc(O)cc1)c1ccc(O)cc1)c1cccc(OCCOCCO)c1. The van der Waals surface area contributed by atoms with Crippen molar-refractivity contribution in [1.82, 2.24) is 0 Å². The highest BCUT2D eigenvalue weighted by atomic mass is 16.5. The van der Waals surface area contributed by atoms with Crippen LogP contribution in [0.3, 0.4) is 0 Å². The highest BCUT2D eigenvalue weighted by molar-refractivity contribution is 5.98. The summed E-state index contributed by atoms with van der Waals surface area (Å²) in [6.45, 7) is 3.26. The van der Waals surface area contributed by atoms with Gasteiger partial charge in [-0.1, -0.05) is 49.7 Å². The molecule has 0 heterocycles. The van der Waals surface area contributed by atoms with Gasteiger partial charge in [0, 0.05) is 0 Å². The Labute approximate surface area is 189 Å². The monoisotopic (exact) mass is 434 g/mol. The van der Waals surface area contributed by atoms with Gasteiger partial charge in [0.1, 0.15) is 23.9 Å². The molecule has 0 aliphatic rings.